The number of primary amides is 1. The van der Waals surface area contributed by atoms with Crippen LogP contribution < -0.4 is 11.1 Å². The lowest BCUT2D eigenvalue weighted by Gasteiger charge is -2.13. The third kappa shape index (κ3) is 3.73. The Morgan fingerprint density at radius 2 is 1.95 bits per heavy atom. The molecule has 6 nitrogen and oxygen atoms in total. The van der Waals surface area contributed by atoms with Crippen LogP contribution in [-0.4, -0.2) is 28.9 Å². The van der Waals surface area contributed by atoms with Gasteiger partial charge in [-0.15, -0.1) is 0 Å². The van der Waals surface area contributed by atoms with Gasteiger partial charge in [0, 0.05) is 0 Å². The fourth-order valence-electron chi connectivity index (χ4n) is 1.31. The monoisotopic (exact) mass is 272 g/mol. The van der Waals surface area contributed by atoms with Gasteiger partial charge in [0.2, 0.25) is 5.91 Å². The van der Waals surface area contributed by atoms with E-state index in [9.17, 15) is 23.2 Å². The van der Waals surface area contributed by atoms with Gasteiger partial charge in [0.25, 0.3) is 5.91 Å². The highest BCUT2D eigenvalue weighted by atomic mass is 19.2. The first-order valence-corrected chi connectivity index (χ1v) is 5.09. The zero-order chi connectivity index (χ0) is 14.6. The lowest BCUT2D eigenvalue weighted by molar-refractivity contribution is -0.139. The van der Waals surface area contributed by atoms with E-state index >= 15 is 0 Å². The molecule has 0 fully saturated rings. The Morgan fingerprint density at radius 3 is 2.47 bits per heavy atom. The van der Waals surface area contributed by atoms with Crippen LogP contribution in [0.5, 0.6) is 0 Å². The van der Waals surface area contributed by atoms with E-state index in [1.54, 1.807) is 0 Å². The van der Waals surface area contributed by atoms with Crippen LogP contribution >= 0.6 is 0 Å². The zero-order valence-corrected chi connectivity index (χ0v) is 9.52. The number of hydrogen-bond donors (Lipinski definition) is 3. The number of carboxylic acid groups (broad SMARTS) is 1. The molecule has 0 aliphatic rings. The van der Waals surface area contributed by atoms with Gasteiger partial charge in [0.1, 0.15) is 6.04 Å². The van der Waals surface area contributed by atoms with E-state index in [-0.39, 0.29) is 0 Å². The molecule has 0 aliphatic heterocycles. The predicted molar refractivity (Wildman–Crippen MR) is 59.1 cm³/mol. The number of carboxylic acids is 1. The summed E-state index contributed by atoms with van der Waals surface area (Å²) >= 11 is 0. The number of nitrogens with one attached hydrogen (secondary N) is 1. The molecule has 2 amide bonds. The zero-order valence-electron chi connectivity index (χ0n) is 9.52. The first-order chi connectivity index (χ1) is 8.82. The number of carbonyl (C=O) groups excluding carboxylic acids is 2. The highest BCUT2D eigenvalue weighted by molar-refractivity contribution is 5.98. The summed E-state index contributed by atoms with van der Waals surface area (Å²) in [6, 6.07) is 1.40. The molecule has 0 spiro atoms. The van der Waals surface area contributed by atoms with Crippen LogP contribution in [0.4, 0.5) is 8.78 Å². The van der Waals surface area contributed by atoms with Gasteiger partial charge in [0.05, 0.1) is 12.0 Å². The molecule has 1 atom stereocenters. The van der Waals surface area contributed by atoms with Crippen molar-refractivity contribution in [2.45, 2.75) is 12.5 Å². The van der Waals surface area contributed by atoms with Crippen LogP contribution in [0.15, 0.2) is 18.2 Å². The van der Waals surface area contributed by atoms with Gasteiger partial charge in [-0.2, -0.15) is 0 Å². The number of benzene rings is 1. The summed E-state index contributed by atoms with van der Waals surface area (Å²) in [7, 11) is 0. The summed E-state index contributed by atoms with van der Waals surface area (Å²) in [5.74, 6) is -6.21. The molecule has 0 radical (unpaired) electrons. The lowest BCUT2D eigenvalue weighted by Crippen LogP contribution is -2.45. The molecule has 0 unspecified atom stereocenters. The fraction of sp³-hybridized carbons (Fsp3) is 0.182. The molecule has 1 aromatic rings. The third-order valence-corrected chi connectivity index (χ3v) is 2.22. The number of nitrogens with two attached hydrogens (primary N) is 1. The molecule has 0 aromatic heterocycles. The van der Waals surface area contributed by atoms with E-state index < -0.39 is 47.4 Å². The number of rotatable bonds is 5. The molecule has 0 saturated heterocycles. The number of aliphatic carboxylic acids is 1. The average molecular weight is 272 g/mol. The van der Waals surface area contributed by atoms with Crippen LogP contribution in [-0.2, 0) is 9.59 Å². The fourth-order valence-corrected chi connectivity index (χ4v) is 1.31. The first-order valence-electron chi connectivity index (χ1n) is 5.09. The smallest absolute Gasteiger partial charge is 0.305 e. The van der Waals surface area contributed by atoms with Gasteiger partial charge in [-0.05, 0) is 12.1 Å². The van der Waals surface area contributed by atoms with Crippen LogP contribution in [0.2, 0.25) is 0 Å². The summed E-state index contributed by atoms with van der Waals surface area (Å²) in [5.41, 5.74) is 4.25. The Labute approximate surface area is 106 Å². The van der Waals surface area contributed by atoms with Gasteiger partial charge in [-0.25, -0.2) is 8.78 Å². The molecule has 0 bridgehead atoms. The highest BCUT2D eigenvalue weighted by Crippen LogP contribution is 2.11. The van der Waals surface area contributed by atoms with Gasteiger partial charge < -0.3 is 16.2 Å². The Morgan fingerprint density at radius 1 is 1.32 bits per heavy atom. The van der Waals surface area contributed by atoms with Crippen LogP contribution in [0.1, 0.15) is 16.8 Å². The Hall–Kier alpha value is -2.51. The second kappa shape index (κ2) is 5.89. The van der Waals surface area contributed by atoms with Crippen molar-refractivity contribution >= 4 is 17.8 Å². The maximum atomic E-state index is 13.3. The molecular weight excluding hydrogens is 262 g/mol. The SMILES string of the molecule is NC(=O)[C@@H](CC(=O)O)NC(=O)c1cccc(F)c1F. The maximum Gasteiger partial charge on any atom is 0.305 e. The summed E-state index contributed by atoms with van der Waals surface area (Å²) < 4.78 is 26.2. The molecule has 0 saturated carbocycles. The summed E-state index contributed by atoms with van der Waals surface area (Å²) in [4.78, 5) is 33.0. The molecule has 102 valence electrons. The van der Waals surface area contributed by atoms with Gasteiger partial charge in [0.15, 0.2) is 11.6 Å². The van der Waals surface area contributed by atoms with E-state index in [1.807, 2.05) is 5.32 Å². The Kier molecular flexibility index (Phi) is 4.51. The largest absolute Gasteiger partial charge is 0.481 e. The van der Waals surface area contributed by atoms with Crippen molar-refractivity contribution in [3.8, 4) is 0 Å². The molecule has 8 heteroatoms. The molecular formula is C11H10F2N2O4. The van der Waals surface area contributed by atoms with Crippen molar-refractivity contribution in [1.29, 1.82) is 0 Å². The molecule has 0 heterocycles. The number of halogens is 2. The van der Waals surface area contributed by atoms with E-state index in [1.165, 1.54) is 0 Å². The minimum Gasteiger partial charge on any atom is -0.481 e. The lowest BCUT2D eigenvalue weighted by atomic mass is 10.1. The van der Waals surface area contributed by atoms with Crippen LogP contribution in [0.3, 0.4) is 0 Å². The summed E-state index contributed by atoms with van der Waals surface area (Å²) in [6.07, 6.45) is -0.752. The minimum atomic E-state index is -1.51. The second-order valence-electron chi connectivity index (χ2n) is 3.63. The van der Waals surface area contributed by atoms with E-state index in [4.69, 9.17) is 10.8 Å². The normalized spacial score (nSPS) is 11.7. The van der Waals surface area contributed by atoms with Crippen LogP contribution in [0.25, 0.3) is 0 Å². The maximum absolute atomic E-state index is 13.3. The summed E-state index contributed by atoms with van der Waals surface area (Å²) in [5, 5.41) is 10.5. The standard InChI is InChI=1S/C11H10F2N2O4/c12-6-3-1-2-5(9(6)13)11(19)15-7(10(14)18)4-8(16)17/h1-3,7H,4H2,(H2,14,18)(H,15,19)(H,16,17)/t7-/m1/s1. The van der Waals surface area contributed by atoms with E-state index in [2.05, 4.69) is 0 Å². The summed E-state index contributed by atoms with van der Waals surface area (Å²) in [6.45, 7) is 0. The minimum absolute atomic E-state index is 0.642. The van der Waals surface area contributed by atoms with Gasteiger partial charge >= 0.3 is 5.97 Å². The molecule has 1 aromatic carbocycles. The van der Waals surface area contributed by atoms with Gasteiger partial charge in [-0.1, -0.05) is 6.07 Å². The van der Waals surface area contributed by atoms with Crippen molar-refractivity contribution < 1.29 is 28.3 Å². The molecule has 19 heavy (non-hydrogen) atoms. The van der Waals surface area contributed by atoms with Crippen molar-refractivity contribution in [3.63, 3.8) is 0 Å². The number of carbonyl (C=O) groups is 3. The predicted octanol–water partition coefficient (Wildman–Crippen LogP) is 0.0232. The van der Waals surface area contributed by atoms with E-state index in [0.29, 0.717) is 0 Å². The number of amides is 2. The van der Waals surface area contributed by atoms with Crippen molar-refractivity contribution in [2.75, 3.05) is 0 Å². The Bertz CT molecular complexity index is 533. The quantitative estimate of drug-likeness (QED) is 0.702. The van der Waals surface area contributed by atoms with Crippen LogP contribution in [0, 0.1) is 11.6 Å². The van der Waals surface area contributed by atoms with Crippen molar-refractivity contribution in [3.05, 3.63) is 35.4 Å². The second-order valence-corrected chi connectivity index (χ2v) is 3.63. The van der Waals surface area contributed by atoms with Crippen molar-refractivity contribution in [2.24, 2.45) is 5.73 Å². The highest BCUT2D eigenvalue weighted by Gasteiger charge is 2.24. The first kappa shape index (κ1) is 14.6. The molecule has 4 N–H and O–H groups in total. The van der Waals surface area contributed by atoms with Gasteiger partial charge in [-0.3, -0.25) is 14.4 Å². The van der Waals surface area contributed by atoms with E-state index in [0.717, 1.165) is 18.2 Å². The molecule has 0 aliphatic carbocycles. The van der Waals surface area contributed by atoms with Crippen molar-refractivity contribution in [1.82, 2.24) is 5.32 Å². The Balaban J connectivity index is 2.91. The molecule has 1 rings (SSSR count). The topological polar surface area (TPSA) is 109 Å². The third-order valence-electron chi connectivity index (χ3n) is 2.22. The average Bonchev–Trinajstić information content (AvgIpc) is 2.31. The number of hydrogen-bond acceptors (Lipinski definition) is 3.